The Kier molecular flexibility index (Phi) is 4.88. The van der Waals surface area contributed by atoms with Gasteiger partial charge in [-0.3, -0.25) is 9.10 Å². The molecule has 1 aliphatic heterocycles. The minimum Gasteiger partial charge on any atom is -0.339 e. The molecule has 1 aromatic carbocycles. The molecule has 5 nitrogen and oxygen atoms in total. The number of sulfonamides is 1. The van der Waals surface area contributed by atoms with Gasteiger partial charge in [-0.2, -0.15) is 0 Å². The molecule has 0 spiro atoms. The average Bonchev–Trinajstić information content (AvgIpc) is 2.48. The van der Waals surface area contributed by atoms with Crippen molar-refractivity contribution in [2.45, 2.75) is 26.7 Å². The number of anilines is 1. The maximum atomic E-state index is 12.2. The zero-order valence-corrected chi connectivity index (χ0v) is 13.4. The first-order chi connectivity index (χ1) is 9.99. The van der Waals surface area contributed by atoms with Crippen LogP contribution in [0.15, 0.2) is 24.3 Å². The summed E-state index contributed by atoms with van der Waals surface area (Å²) in [5, 5.41) is 0. The van der Waals surface area contributed by atoms with Crippen LogP contribution in [-0.4, -0.2) is 44.6 Å². The van der Waals surface area contributed by atoms with Crippen LogP contribution < -0.4 is 4.31 Å². The van der Waals surface area contributed by atoms with Gasteiger partial charge < -0.3 is 4.90 Å². The molecule has 1 aromatic rings. The standard InChI is InChI=1S/C15H22N2O3S/c1-3-16(4-2)15(18)13-7-9-14(10-8-13)17-11-5-6-12-21(17,19)20/h7-10H,3-6,11-12H2,1-2H3. The Bertz CT molecular complexity index is 592. The van der Waals surface area contributed by atoms with Crippen molar-refractivity contribution in [3.8, 4) is 0 Å². The van der Waals surface area contributed by atoms with Crippen LogP contribution in [0, 0.1) is 0 Å². The molecule has 0 aliphatic carbocycles. The van der Waals surface area contributed by atoms with E-state index in [1.807, 2.05) is 13.8 Å². The Morgan fingerprint density at radius 1 is 1.14 bits per heavy atom. The van der Waals surface area contributed by atoms with Crippen LogP contribution in [0.5, 0.6) is 0 Å². The van der Waals surface area contributed by atoms with Gasteiger partial charge in [-0.25, -0.2) is 8.42 Å². The van der Waals surface area contributed by atoms with E-state index in [0.717, 1.165) is 12.8 Å². The minimum absolute atomic E-state index is 0.0203. The van der Waals surface area contributed by atoms with Crippen LogP contribution in [0.3, 0.4) is 0 Å². The second-order valence-electron chi connectivity index (χ2n) is 5.12. The summed E-state index contributed by atoms with van der Waals surface area (Å²) >= 11 is 0. The smallest absolute Gasteiger partial charge is 0.253 e. The molecule has 2 rings (SSSR count). The molecule has 1 aliphatic rings. The van der Waals surface area contributed by atoms with Crippen molar-refractivity contribution in [1.29, 1.82) is 0 Å². The molecule has 0 atom stereocenters. The zero-order valence-electron chi connectivity index (χ0n) is 12.6. The number of carbonyl (C=O) groups excluding carboxylic acids is 1. The van der Waals surface area contributed by atoms with Gasteiger partial charge in [0.05, 0.1) is 11.4 Å². The molecule has 0 N–H and O–H groups in total. The van der Waals surface area contributed by atoms with Crippen molar-refractivity contribution < 1.29 is 13.2 Å². The van der Waals surface area contributed by atoms with Crippen LogP contribution in [-0.2, 0) is 10.0 Å². The summed E-state index contributed by atoms with van der Waals surface area (Å²) in [5.74, 6) is 0.181. The fourth-order valence-electron chi connectivity index (χ4n) is 2.54. The van der Waals surface area contributed by atoms with E-state index < -0.39 is 10.0 Å². The van der Waals surface area contributed by atoms with Crippen LogP contribution in [0.25, 0.3) is 0 Å². The third-order valence-electron chi connectivity index (χ3n) is 3.80. The number of hydrogen-bond donors (Lipinski definition) is 0. The van der Waals surface area contributed by atoms with Gasteiger partial charge in [0.25, 0.3) is 5.91 Å². The van der Waals surface area contributed by atoms with Gasteiger partial charge in [-0.15, -0.1) is 0 Å². The monoisotopic (exact) mass is 310 g/mol. The molecule has 0 aromatic heterocycles. The van der Waals surface area contributed by atoms with E-state index in [-0.39, 0.29) is 11.7 Å². The molecule has 0 radical (unpaired) electrons. The molecule has 0 unspecified atom stereocenters. The third-order valence-corrected chi connectivity index (χ3v) is 5.67. The van der Waals surface area contributed by atoms with Crippen molar-refractivity contribution in [3.05, 3.63) is 29.8 Å². The van der Waals surface area contributed by atoms with E-state index >= 15 is 0 Å². The summed E-state index contributed by atoms with van der Waals surface area (Å²) in [5.41, 5.74) is 1.24. The molecule has 21 heavy (non-hydrogen) atoms. The Morgan fingerprint density at radius 3 is 2.29 bits per heavy atom. The topological polar surface area (TPSA) is 57.7 Å². The molecular weight excluding hydrogens is 288 g/mol. The third kappa shape index (κ3) is 3.37. The number of rotatable bonds is 4. The SMILES string of the molecule is CCN(CC)C(=O)c1ccc(N2CCCCS2(=O)=O)cc1. The van der Waals surface area contributed by atoms with Crippen LogP contribution in [0.2, 0.25) is 0 Å². The molecule has 1 amide bonds. The van der Waals surface area contributed by atoms with Gasteiger partial charge >= 0.3 is 0 Å². The van der Waals surface area contributed by atoms with Gasteiger partial charge in [0.15, 0.2) is 0 Å². The predicted octanol–water partition coefficient (Wildman–Crippen LogP) is 2.10. The lowest BCUT2D eigenvalue weighted by molar-refractivity contribution is 0.0773. The largest absolute Gasteiger partial charge is 0.339 e. The van der Waals surface area contributed by atoms with Crippen LogP contribution in [0.1, 0.15) is 37.0 Å². The lowest BCUT2D eigenvalue weighted by Crippen LogP contribution is -2.37. The van der Waals surface area contributed by atoms with Gasteiger partial charge in [-0.1, -0.05) is 0 Å². The molecule has 116 valence electrons. The van der Waals surface area contributed by atoms with Gasteiger partial charge in [0.2, 0.25) is 10.0 Å². The number of carbonyl (C=O) groups is 1. The number of benzene rings is 1. The molecule has 1 saturated heterocycles. The summed E-state index contributed by atoms with van der Waals surface area (Å²) in [4.78, 5) is 14.0. The van der Waals surface area contributed by atoms with Crippen LogP contribution >= 0.6 is 0 Å². The van der Waals surface area contributed by atoms with Crippen molar-refractivity contribution >= 4 is 21.6 Å². The lowest BCUT2D eigenvalue weighted by Gasteiger charge is -2.28. The summed E-state index contributed by atoms with van der Waals surface area (Å²) in [6.45, 7) is 5.73. The Balaban J connectivity index is 2.21. The molecule has 0 bridgehead atoms. The Morgan fingerprint density at radius 2 is 1.76 bits per heavy atom. The van der Waals surface area contributed by atoms with E-state index in [1.54, 1.807) is 29.2 Å². The van der Waals surface area contributed by atoms with Crippen molar-refractivity contribution in [3.63, 3.8) is 0 Å². The lowest BCUT2D eigenvalue weighted by atomic mass is 10.1. The van der Waals surface area contributed by atoms with E-state index in [9.17, 15) is 13.2 Å². The second kappa shape index (κ2) is 6.47. The summed E-state index contributed by atoms with van der Waals surface area (Å²) in [6, 6.07) is 6.86. The molecule has 1 heterocycles. The summed E-state index contributed by atoms with van der Waals surface area (Å²) < 4.78 is 25.6. The first kappa shape index (κ1) is 15.8. The van der Waals surface area contributed by atoms with E-state index in [1.165, 1.54) is 4.31 Å². The van der Waals surface area contributed by atoms with Gasteiger partial charge in [-0.05, 0) is 51.0 Å². The molecule has 0 saturated carbocycles. The number of hydrogen-bond acceptors (Lipinski definition) is 3. The minimum atomic E-state index is -3.20. The zero-order chi connectivity index (χ0) is 15.5. The van der Waals surface area contributed by atoms with Crippen molar-refractivity contribution in [1.82, 2.24) is 4.90 Å². The van der Waals surface area contributed by atoms with E-state index in [2.05, 4.69) is 0 Å². The van der Waals surface area contributed by atoms with Gasteiger partial charge in [0, 0.05) is 25.2 Å². The first-order valence-corrected chi connectivity index (χ1v) is 9.00. The number of nitrogens with zero attached hydrogens (tertiary/aromatic N) is 2. The predicted molar refractivity (Wildman–Crippen MR) is 84.1 cm³/mol. The number of amides is 1. The molecular formula is C15H22N2O3S. The van der Waals surface area contributed by atoms with Gasteiger partial charge in [0.1, 0.15) is 0 Å². The average molecular weight is 310 g/mol. The molecule has 1 fully saturated rings. The highest BCUT2D eigenvalue weighted by Gasteiger charge is 2.26. The summed E-state index contributed by atoms with van der Waals surface area (Å²) in [7, 11) is -3.20. The highest BCUT2D eigenvalue weighted by atomic mass is 32.2. The molecule has 6 heteroatoms. The second-order valence-corrected chi connectivity index (χ2v) is 7.13. The maximum absolute atomic E-state index is 12.2. The first-order valence-electron chi connectivity index (χ1n) is 7.39. The summed E-state index contributed by atoms with van der Waals surface area (Å²) in [6.07, 6.45) is 1.59. The fraction of sp³-hybridized carbons (Fsp3) is 0.533. The highest BCUT2D eigenvalue weighted by Crippen LogP contribution is 2.24. The highest BCUT2D eigenvalue weighted by molar-refractivity contribution is 7.92. The van der Waals surface area contributed by atoms with Crippen molar-refractivity contribution in [2.75, 3.05) is 29.7 Å². The van der Waals surface area contributed by atoms with Crippen LogP contribution in [0.4, 0.5) is 5.69 Å². The van der Waals surface area contributed by atoms with E-state index in [4.69, 9.17) is 0 Å². The Labute approximate surface area is 126 Å². The normalized spacial score (nSPS) is 17.5. The van der Waals surface area contributed by atoms with E-state index in [0.29, 0.717) is 30.9 Å². The fourth-order valence-corrected chi connectivity index (χ4v) is 4.18. The van der Waals surface area contributed by atoms with Crippen molar-refractivity contribution in [2.24, 2.45) is 0 Å². The maximum Gasteiger partial charge on any atom is 0.253 e. The Hall–Kier alpha value is -1.56. The quantitative estimate of drug-likeness (QED) is 0.855.